The Morgan fingerprint density at radius 3 is 2.82 bits per heavy atom. The second-order valence-corrected chi connectivity index (χ2v) is 8.66. The van der Waals surface area contributed by atoms with Crippen molar-refractivity contribution in [3.05, 3.63) is 50.7 Å². The van der Waals surface area contributed by atoms with Gasteiger partial charge in [-0.3, -0.25) is 4.79 Å². The first-order chi connectivity index (χ1) is 10.4. The molecule has 0 atom stereocenters. The van der Waals surface area contributed by atoms with E-state index in [1.54, 1.807) is 22.3 Å². The third-order valence-corrected chi connectivity index (χ3v) is 6.27. The van der Waals surface area contributed by atoms with Crippen molar-refractivity contribution in [2.75, 3.05) is 12.8 Å². The smallest absolute Gasteiger partial charge is 0.254 e. The number of nitrogens with zero attached hydrogens (tertiary/aromatic N) is 1. The van der Waals surface area contributed by atoms with Crippen molar-refractivity contribution in [2.24, 2.45) is 0 Å². The first-order valence-electron chi connectivity index (χ1n) is 6.70. The van der Waals surface area contributed by atoms with Crippen LogP contribution in [0.4, 0.5) is 0 Å². The van der Waals surface area contributed by atoms with Crippen molar-refractivity contribution in [1.82, 2.24) is 4.90 Å². The molecule has 1 amide bonds. The molecule has 7 heteroatoms. The van der Waals surface area contributed by atoms with Crippen molar-refractivity contribution < 1.29 is 13.2 Å². The van der Waals surface area contributed by atoms with Gasteiger partial charge in [-0.1, -0.05) is 11.6 Å². The lowest BCUT2D eigenvalue weighted by Gasteiger charge is -2.27. The molecule has 116 valence electrons. The Morgan fingerprint density at radius 2 is 2.09 bits per heavy atom. The number of hydrogen-bond donors (Lipinski definition) is 0. The number of carbonyl (C=O) groups is 1. The maximum atomic E-state index is 12.6. The van der Waals surface area contributed by atoms with E-state index in [1.807, 2.05) is 11.4 Å². The van der Waals surface area contributed by atoms with Gasteiger partial charge in [0.1, 0.15) is 0 Å². The van der Waals surface area contributed by atoms with E-state index in [1.165, 1.54) is 22.6 Å². The SMILES string of the molecule is CS(=O)(=O)c1cc(C(=O)N2CCc3sccc3C2)ccc1Cl. The lowest BCUT2D eigenvalue weighted by molar-refractivity contribution is 0.0735. The van der Waals surface area contributed by atoms with Gasteiger partial charge >= 0.3 is 0 Å². The predicted octanol–water partition coefficient (Wildman–Crippen LogP) is 3.00. The molecule has 0 fully saturated rings. The zero-order chi connectivity index (χ0) is 15.9. The molecule has 22 heavy (non-hydrogen) atoms. The summed E-state index contributed by atoms with van der Waals surface area (Å²) in [6, 6.07) is 6.43. The van der Waals surface area contributed by atoms with Gasteiger partial charge in [-0.05, 0) is 41.6 Å². The summed E-state index contributed by atoms with van der Waals surface area (Å²) in [4.78, 5) is 15.7. The minimum absolute atomic E-state index is 0.00625. The standard InChI is InChI=1S/C15H14ClNO3S2/c1-22(19,20)14-8-10(2-3-12(14)16)15(18)17-6-4-13-11(9-17)5-7-21-13/h2-3,5,7-8H,4,6,9H2,1H3. The topological polar surface area (TPSA) is 54.5 Å². The molecule has 0 saturated carbocycles. The highest BCUT2D eigenvalue weighted by atomic mass is 35.5. The Labute approximate surface area is 138 Å². The molecule has 3 rings (SSSR count). The highest BCUT2D eigenvalue weighted by Crippen LogP contribution is 2.27. The Bertz CT molecular complexity index is 842. The first-order valence-corrected chi connectivity index (χ1v) is 9.85. The maximum Gasteiger partial charge on any atom is 0.254 e. The van der Waals surface area contributed by atoms with Crippen LogP contribution in [-0.4, -0.2) is 32.0 Å². The van der Waals surface area contributed by atoms with Gasteiger partial charge in [0.25, 0.3) is 5.91 Å². The Morgan fingerprint density at radius 1 is 1.32 bits per heavy atom. The highest BCUT2D eigenvalue weighted by molar-refractivity contribution is 7.90. The normalized spacial score (nSPS) is 14.7. The molecule has 2 heterocycles. The van der Waals surface area contributed by atoms with Crippen molar-refractivity contribution in [3.63, 3.8) is 0 Å². The van der Waals surface area contributed by atoms with Crippen LogP contribution in [0.5, 0.6) is 0 Å². The number of fused-ring (bicyclic) bond motifs is 1. The molecule has 0 N–H and O–H groups in total. The Kier molecular flexibility index (Phi) is 4.01. The average Bonchev–Trinajstić information content (AvgIpc) is 2.93. The molecule has 1 aromatic heterocycles. The molecule has 4 nitrogen and oxygen atoms in total. The molecule has 0 radical (unpaired) electrons. The summed E-state index contributed by atoms with van der Waals surface area (Å²) >= 11 is 7.63. The summed E-state index contributed by atoms with van der Waals surface area (Å²) in [5, 5.41) is 2.17. The maximum absolute atomic E-state index is 12.6. The third kappa shape index (κ3) is 2.91. The lowest BCUT2D eigenvalue weighted by Crippen LogP contribution is -2.35. The number of thiophene rings is 1. The quantitative estimate of drug-likeness (QED) is 0.832. The minimum atomic E-state index is -3.46. The number of halogens is 1. The number of carbonyl (C=O) groups excluding carboxylic acids is 1. The largest absolute Gasteiger partial charge is 0.334 e. The van der Waals surface area contributed by atoms with Crippen LogP contribution in [0.2, 0.25) is 5.02 Å². The lowest BCUT2D eigenvalue weighted by atomic mass is 10.1. The molecular weight excluding hydrogens is 342 g/mol. The van der Waals surface area contributed by atoms with E-state index in [0.29, 0.717) is 18.7 Å². The molecule has 1 aromatic carbocycles. The van der Waals surface area contributed by atoms with Gasteiger partial charge in [0, 0.05) is 29.8 Å². The number of benzene rings is 1. The summed E-state index contributed by atoms with van der Waals surface area (Å²) in [5.74, 6) is -0.168. The Balaban J connectivity index is 1.91. The second-order valence-electron chi connectivity index (χ2n) is 5.26. The van der Waals surface area contributed by atoms with Crippen LogP contribution in [0, 0.1) is 0 Å². The number of sulfone groups is 1. The van der Waals surface area contributed by atoms with Crippen molar-refractivity contribution in [1.29, 1.82) is 0 Å². The summed E-state index contributed by atoms with van der Waals surface area (Å²) in [7, 11) is -3.46. The molecular formula is C15H14ClNO3S2. The van der Waals surface area contributed by atoms with Crippen LogP contribution < -0.4 is 0 Å². The molecule has 0 spiro atoms. The van der Waals surface area contributed by atoms with Gasteiger partial charge in [-0.25, -0.2) is 8.42 Å². The molecule has 1 aliphatic heterocycles. The van der Waals surface area contributed by atoms with Crippen molar-refractivity contribution in [3.8, 4) is 0 Å². The molecule has 1 aliphatic rings. The first kappa shape index (κ1) is 15.5. The van der Waals surface area contributed by atoms with Gasteiger partial charge in [-0.2, -0.15) is 0 Å². The van der Waals surface area contributed by atoms with Gasteiger partial charge in [0.2, 0.25) is 0 Å². The fourth-order valence-corrected chi connectivity index (χ4v) is 4.72. The van der Waals surface area contributed by atoms with Crippen LogP contribution in [0.25, 0.3) is 0 Å². The number of amides is 1. The molecule has 0 bridgehead atoms. The molecule has 0 saturated heterocycles. The summed E-state index contributed by atoms with van der Waals surface area (Å²) in [5.41, 5.74) is 1.52. The average molecular weight is 356 g/mol. The summed E-state index contributed by atoms with van der Waals surface area (Å²) in [6.07, 6.45) is 1.92. The third-order valence-electron chi connectivity index (χ3n) is 3.67. The molecule has 2 aromatic rings. The van der Waals surface area contributed by atoms with Gasteiger partial charge < -0.3 is 4.90 Å². The van der Waals surface area contributed by atoms with E-state index < -0.39 is 9.84 Å². The van der Waals surface area contributed by atoms with Gasteiger partial charge in [-0.15, -0.1) is 11.3 Å². The van der Waals surface area contributed by atoms with Crippen LogP contribution in [-0.2, 0) is 22.8 Å². The summed E-state index contributed by atoms with van der Waals surface area (Å²) in [6.45, 7) is 1.21. The highest BCUT2D eigenvalue weighted by Gasteiger charge is 2.24. The zero-order valence-electron chi connectivity index (χ0n) is 11.9. The zero-order valence-corrected chi connectivity index (χ0v) is 14.3. The molecule has 0 aliphatic carbocycles. The van der Waals surface area contributed by atoms with Crippen LogP contribution in [0.1, 0.15) is 20.8 Å². The fourth-order valence-electron chi connectivity index (χ4n) is 2.52. The van der Waals surface area contributed by atoms with E-state index in [2.05, 4.69) is 0 Å². The monoisotopic (exact) mass is 355 g/mol. The van der Waals surface area contributed by atoms with Gasteiger partial charge in [0.05, 0.1) is 9.92 Å². The molecule has 0 unspecified atom stereocenters. The van der Waals surface area contributed by atoms with Crippen LogP contribution in [0.15, 0.2) is 34.5 Å². The van der Waals surface area contributed by atoms with E-state index in [-0.39, 0.29) is 15.8 Å². The van der Waals surface area contributed by atoms with E-state index in [4.69, 9.17) is 11.6 Å². The number of hydrogen-bond acceptors (Lipinski definition) is 4. The van der Waals surface area contributed by atoms with Crippen LogP contribution >= 0.6 is 22.9 Å². The summed E-state index contributed by atoms with van der Waals surface area (Å²) < 4.78 is 23.5. The van der Waals surface area contributed by atoms with Crippen molar-refractivity contribution >= 4 is 38.7 Å². The minimum Gasteiger partial charge on any atom is -0.334 e. The second kappa shape index (κ2) is 5.68. The van der Waals surface area contributed by atoms with Gasteiger partial charge in [0.15, 0.2) is 9.84 Å². The van der Waals surface area contributed by atoms with E-state index in [0.717, 1.165) is 12.7 Å². The fraction of sp³-hybridized carbons (Fsp3) is 0.267. The predicted molar refractivity (Wildman–Crippen MR) is 87.3 cm³/mol. The van der Waals surface area contributed by atoms with E-state index in [9.17, 15) is 13.2 Å². The van der Waals surface area contributed by atoms with Crippen LogP contribution in [0.3, 0.4) is 0 Å². The number of rotatable bonds is 2. The van der Waals surface area contributed by atoms with Crippen molar-refractivity contribution in [2.45, 2.75) is 17.9 Å². The van der Waals surface area contributed by atoms with E-state index >= 15 is 0 Å². The Hall–Kier alpha value is -1.37.